The van der Waals surface area contributed by atoms with Crippen molar-refractivity contribution in [3.05, 3.63) is 29.8 Å². The van der Waals surface area contributed by atoms with Gasteiger partial charge >= 0.3 is 0 Å². The van der Waals surface area contributed by atoms with Crippen molar-refractivity contribution in [2.45, 2.75) is 17.9 Å². The van der Waals surface area contributed by atoms with Gasteiger partial charge < -0.3 is 5.73 Å². The minimum Gasteiger partial charge on any atom is -0.321 e. The Balaban J connectivity index is 2.86. The van der Waals surface area contributed by atoms with Crippen molar-refractivity contribution in [3.63, 3.8) is 0 Å². The van der Waals surface area contributed by atoms with E-state index < -0.39 is 6.04 Å². The second-order valence-corrected chi connectivity index (χ2v) is 3.76. The minimum absolute atomic E-state index is 0.00680. The molecule has 0 radical (unpaired) electrons. The lowest BCUT2D eigenvalue weighted by atomic mass is 10.1. The van der Waals surface area contributed by atoms with Gasteiger partial charge in [-0.1, -0.05) is 12.1 Å². The average molecular weight is 195 g/mol. The molecule has 1 aromatic carbocycles. The molecule has 0 saturated heterocycles. The zero-order valence-corrected chi connectivity index (χ0v) is 8.60. The molecule has 0 aliphatic rings. The van der Waals surface area contributed by atoms with Crippen molar-refractivity contribution in [2.24, 2.45) is 5.73 Å². The highest BCUT2D eigenvalue weighted by molar-refractivity contribution is 7.98. The van der Waals surface area contributed by atoms with E-state index in [0.717, 1.165) is 4.90 Å². The molecule has 0 aliphatic heterocycles. The zero-order chi connectivity index (χ0) is 9.84. The summed E-state index contributed by atoms with van der Waals surface area (Å²) in [6.07, 6.45) is 2.00. The van der Waals surface area contributed by atoms with Crippen LogP contribution in [0, 0.1) is 0 Å². The summed E-state index contributed by atoms with van der Waals surface area (Å²) in [6, 6.07) is 7.08. The number of carbonyl (C=O) groups is 1. The molecule has 0 spiro atoms. The third kappa shape index (κ3) is 2.57. The highest BCUT2D eigenvalue weighted by atomic mass is 32.2. The molecule has 2 N–H and O–H groups in total. The molecule has 1 atom stereocenters. The van der Waals surface area contributed by atoms with Gasteiger partial charge in [0.1, 0.15) is 0 Å². The van der Waals surface area contributed by atoms with E-state index in [1.54, 1.807) is 18.7 Å². The van der Waals surface area contributed by atoms with Gasteiger partial charge in [0.25, 0.3) is 0 Å². The Hall–Kier alpha value is -0.800. The number of hydrogen-bond acceptors (Lipinski definition) is 3. The van der Waals surface area contributed by atoms with Crippen LogP contribution in [0.2, 0.25) is 0 Å². The number of hydrogen-bond donors (Lipinski definition) is 1. The van der Waals surface area contributed by atoms with E-state index >= 15 is 0 Å². The second-order valence-electron chi connectivity index (χ2n) is 2.88. The summed E-state index contributed by atoms with van der Waals surface area (Å²) in [5.74, 6) is -0.00680. The van der Waals surface area contributed by atoms with E-state index in [-0.39, 0.29) is 5.78 Å². The highest BCUT2D eigenvalue weighted by Crippen LogP contribution is 2.15. The zero-order valence-electron chi connectivity index (χ0n) is 7.78. The monoisotopic (exact) mass is 195 g/mol. The Morgan fingerprint density at radius 2 is 1.92 bits per heavy atom. The molecular formula is C10H13NOS. The molecule has 0 bridgehead atoms. The van der Waals surface area contributed by atoms with Gasteiger partial charge in [-0.15, -0.1) is 11.8 Å². The van der Waals surface area contributed by atoms with Crippen LogP contribution in [0.5, 0.6) is 0 Å². The van der Waals surface area contributed by atoms with E-state index in [1.807, 2.05) is 30.5 Å². The lowest BCUT2D eigenvalue weighted by Crippen LogP contribution is -2.26. The number of Topliss-reactive ketones (excluding diaryl/α,β-unsaturated/α-hetero) is 1. The third-order valence-corrected chi connectivity index (χ3v) is 2.53. The summed E-state index contributed by atoms with van der Waals surface area (Å²) in [7, 11) is 0. The summed E-state index contributed by atoms with van der Waals surface area (Å²) < 4.78 is 0. The van der Waals surface area contributed by atoms with E-state index in [9.17, 15) is 4.79 Å². The standard InChI is InChI=1S/C10H13NOS/c1-7(11)10(12)8-3-5-9(13-2)6-4-8/h3-7H,11H2,1-2H3. The summed E-state index contributed by atoms with van der Waals surface area (Å²) in [5.41, 5.74) is 6.17. The van der Waals surface area contributed by atoms with Crippen molar-refractivity contribution >= 4 is 17.5 Å². The Morgan fingerprint density at radius 3 is 2.31 bits per heavy atom. The first-order valence-electron chi connectivity index (χ1n) is 4.09. The van der Waals surface area contributed by atoms with Crippen LogP contribution < -0.4 is 5.73 Å². The molecule has 70 valence electrons. The number of nitrogens with two attached hydrogens (primary N) is 1. The Labute approximate surface area is 82.5 Å². The number of benzene rings is 1. The van der Waals surface area contributed by atoms with Gasteiger partial charge in [0, 0.05) is 10.5 Å². The fourth-order valence-electron chi connectivity index (χ4n) is 1.02. The van der Waals surface area contributed by atoms with Crippen LogP contribution in [-0.2, 0) is 0 Å². The fourth-order valence-corrected chi connectivity index (χ4v) is 1.43. The van der Waals surface area contributed by atoms with Gasteiger partial charge in [0.2, 0.25) is 0 Å². The molecule has 0 fully saturated rings. The third-order valence-electron chi connectivity index (χ3n) is 1.79. The van der Waals surface area contributed by atoms with E-state index in [0.29, 0.717) is 5.56 Å². The lowest BCUT2D eigenvalue weighted by molar-refractivity contribution is 0.0968. The Morgan fingerprint density at radius 1 is 1.38 bits per heavy atom. The Bertz CT molecular complexity index is 292. The molecule has 0 saturated carbocycles. The van der Waals surface area contributed by atoms with Crippen LogP contribution in [0.1, 0.15) is 17.3 Å². The molecule has 0 heterocycles. The van der Waals surface area contributed by atoms with Crippen LogP contribution in [0.15, 0.2) is 29.2 Å². The first kappa shape index (κ1) is 10.3. The van der Waals surface area contributed by atoms with E-state index in [2.05, 4.69) is 0 Å². The SMILES string of the molecule is CSc1ccc(C(=O)C(C)N)cc1. The molecule has 0 aromatic heterocycles. The van der Waals surface area contributed by atoms with Gasteiger partial charge in [-0.2, -0.15) is 0 Å². The van der Waals surface area contributed by atoms with Crippen LogP contribution >= 0.6 is 11.8 Å². The first-order valence-corrected chi connectivity index (χ1v) is 5.31. The average Bonchev–Trinajstić information content (AvgIpc) is 2.17. The maximum atomic E-state index is 11.4. The van der Waals surface area contributed by atoms with Crippen LogP contribution in [-0.4, -0.2) is 18.1 Å². The van der Waals surface area contributed by atoms with Crippen LogP contribution in [0.3, 0.4) is 0 Å². The molecule has 0 amide bonds. The maximum Gasteiger partial charge on any atom is 0.179 e. The Kier molecular flexibility index (Phi) is 3.51. The molecule has 3 heteroatoms. The van der Waals surface area contributed by atoms with Crippen molar-refractivity contribution in [3.8, 4) is 0 Å². The van der Waals surface area contributed by atoms with E-state index in [1.165, 1.54) is 0 Å². The van der Waals surface area contributed by atoms with Gasteiger partial charge in [-0.05, 0) is 25.3 Å². The van der Waals surface area contributed by atoms with Crippen molar-refractivity contribution in [2.75, 3.05) is 6.26 Å². The summed E-state index contributed by atoms with van der Waals surface area (Å²) in [4.78, 5) is 12.6. The highest BCUT2D eigenvalue weighted by Gasteiger charge is 2.09. The predicted molar refractivity (Wildman–Crippen MR) is 56.2 cm³/mol. The largest absolute Gasteiger partial charge is 0.321 e. The van der Waals surface area contributed by atoms with Crippen molar-refractivity contribution < 1.29 is 4.79 Å². The molecule has 2 nitrogen and oxygen atoms in total. The van der Waals surface area contributed by atoms with Gasteiger partial charge in [0.15, 0.2) is 5.78 Å². The topological polar surface area (TPSA) is 43.1 Å². The van der Waals surface area contributed by atoms with E-state index in [4.69, 9.17) is 5.73 Å². The predicted octanol–water partition coefficient (Wildman–Crippen LogP) is 1.94. The molecule has 1 unspecified atom stereocenters. The molecule has 0 aliphatic carbocycles. The van der Waals surface area contributed by atoms with Crippen LogP contribution in [0.4, 0.5) is 0 Å². The lowest BCUT2D eigenvalue weighted by Gasteiger charge is -2.04. The maximum absolute atomic E-state index is 11.4. The quantitative estimate of drug-likeness (QED) is 0.592. The number of ketones is 1. The summed E-state index contributed by atoms with van der Waals surface area (Å²) in [6.45, 7) is 1.70. The second kappa shape index (κ2) is 4.44. The molecule has 1 aromatic rings. The van der Waals surface area contributed by atoms with Crippen LogP contribution in [0.25, 0.3) is 0 Å². The smallest absolute Gasteiger partial charge is 0.179 e. The minimum atomic E-state index is -0.417. The van der Waals surface area contributed by atoms with Gasteiger partial charge in [0.05, 0.1) is 6.04 Å². The van der Waals surface area contributed by atoms with Gasteiger partial charge in [-0.3, -0.25) is 4.79 Å². The molecule has 13 heavy (non-hydrogen) atoms. The number of thioether (sulfide) groups is 1. The van der Waals surface area contributed by atoms with Crippen molar-refractivity contribution in [1.29, 1.82) is 0 Å². The van der Waals surface area contributed by atoms with Gasteiger partial charge in [-0.25, -0.2) is 0 Å². The molecular weight excluding hydrogens is 182 g/mol. The number of carbonyl (C=O) groups excluding carboxylic acids is 1. The summed E-state index contributed by atoms with van der Waals surface area (Å²) in [5, 5.41) is 0. The fraction of sp³-hybridized carbons (Fsp3) is 0.300. The first-order chi connectivity index (χ1) is 6.15. The summed E-state index contributed by atoms with van der Waals surface area (Å²) >= 11 is 1.66. The number of rotatable bonds is 3. The normalized spacial score (nSPS) is 12.5. The molecule has 1 rings (SSSR count). The van der Waals surface area contributed by atoms with Crippen molar-refractivity contribution in [1.82, 2.24) is 0 Å².